The molecule has 0 aliphatic heterocycles. The number of carbonyl (C=O) groups is 1. The van der Waals surface area contributed by atoms with Crippen molar-refractivity contribution in [2.24, 2.45) is 0 Å². The van der Waals surface area contributed by atoms with Gasteiger partial charge in [0.25, 0.3) is 5.56 Å². The molecule has 0 aliphatic carbocycles. The number of halogens is 2. The Morgan fingerprint density at radius 2 is 1.91 bits per heavy atom. The number of amides is 1. The molecule has 1 amide bonds. The van der Waals surface area contributed by atoms with Crippen molar-refractivity contribution in [3.63, 3.8) is 0 Å². The number of benzene rings is 1. The second kappa shape index (κ2) is 6.94. The highest BCUT2D eigenvalue weighted by Gasteiger charge is 2.12. The fraction of sp³-hybridized carbons (Fsp3) is 0.267. The topological polar surface area (TPSA) is 74.8 Å². The Morgan fingerprint density at radius 3 is 2.50 bits per heavy atom. The van der Waals surface area contributed by atoms with E-state index in [1.807, 2.05) is 0 Å². The van der Waals surface area contributed by atoms with E-state index in [4.69, 9.17) is 23.2 Å². The predicted molar refractivity (Wildman–Crippen MR) is 87.7 cm³/mol. The summed E-state index contributed by atoms with van der Waals surface area (Å²) in [6.07, 6.45) is 0.429. The second-order valence-corrected chi connectivity index (χ2v) is 5.67. The van der Waals surface area contributed by atoms with Gasteiger partial charge < -0.3 is 10.3 Å². The highest BCUT2D eigenvalue weighted by Crippen LogP contribution is 2.29. The van der Waals surface area contributed by atoms with E-state index >= 15 is 0 Å². The van der Waals surface area contributed by atoms with Gasteiger partial charge >= 0.3 is 0 Å². The molecule has 5 nitrogen and oxygen atoms in total. The lowest BCUT2D eigenvalue weighted by atomic mass is 10.1. The highest BCUT2D eigenvalue weighted by atomic mass is 35.5. The average molecular weight is 340 g/mol. The first-order chi connectivity index (χ1) is 10.4. The maximum absolute atomic E-state index is 12.0. The number of hydrogen-bond acceptors (Lipinski definition) is 3. The van der Waals surface area contributed by atoms with E-state index in [9.17, 15) is 9.59 Å². The number of anilines is 1. The highest BCUT2D eigenvalue weighted by molar-refractivity contribution is 6.39. The third-order valence-corrected chi connectivity index (χ3v) is 3.80. The molecule has 7 heteroatoms. The predicted octanol–water partition coefficient (Wildman–Crippen LogP) is 3.26. The summed E-state index contributed by atoms with van der Waals surface area (Å²) in [5.41, 5.74) is 1.30. The molecule has 2 aromatic rings. The Kier molecular flexibility index (Phi) is 5.21. The molecule has 22 heavy (non-hydrogen) atoms. The standard InChI is InChI=1S/C15H15Cl2N3O2/c1-8-10(15(22)19-9(2)18-8)6-7-13(21)20-14-11(16)4-3-5-12(14)17/h3-5H,6-7H2,1-2H3,(H,20,21)(H,18,19,22). The van der Waals surface area contributed by atoms with Crippen LogP contribution < -0.4 is 10.9 Å². The first kappa shape index (κ1) is 16.5. The van der Waals surface area contributed by atoms with Crippen LogP contribution in [0.4, 0.5) is 5.69 Å². The van der Waals surface area contributed by atoms with Crippen LogP contribution in [-0.4, -0.2) is 15.9 Å². The van der Waals surface area contributed by atoms with Gasteiger partial charge in [0, 0.05) is 17.7 Å². The third-order valence-electron chi connectivity index (χ3n) is 3.17. The van der Waals surface area contributed by atoms with E-state index in [1.54, 1.807) is 32.0 Å². The fourth-order valence-electron chi connectivity index (χ4n) is 2.10. The van der Waals surface area contributed by atoms with Crippen molar-refractivity contribution >= 4 is 34.8 Å². The van der Waals surface area contributed by atoms with Gasteiger partial charge in [-0.3, -0.25) is 9.59 Å². The number of nitrogens with zero attached hydrogens (tertiary/aromatic N) is 1. The van der Waals surface area contributed by atoms with Crippen LogP contribution >= 0.6 is 23.2 Å². The first-order valence-electron chi connectivity index (χ1n) is 6.68. The maximum Gasteiger partial charge on any atom is 0.254 e. The number of aromatic amines is 1. The van der Waals surface area contributed by atoms with Gasteiger partial charge in [0.1, 0.15) is 5.82 Å². The van der Waals surface area contributed by atoms with Crippen molar-refractivity contribution in [3.05, 3.63) is 55.7 Å². The van der Waals surface area contributed by atoms with E-state index in [0.717, 1.165) is 0 Å². The molecule has 0 bridgehead atoms. The number of nitrogens with one attached hydrogen (secondary N) is 2. The molecule has 1 aromatic carbocycles. The van der Waals surface area contributed by atoms with Crippen molar-refractivity contribution in [3.8, 4) is 0 Å². The van der Waals surface area contributed by atoms with Crippen molar-refractivity contribution < 1.29 is 4.79 Å². The zero-order chi connectivity index (χ0) is 16.3. The van der Waals surface area contributed by atoms with Gasteiger partial charge in [-0.2, -0.15) is 0 Å². The van der Waals surface area contributed by atoms with Crippen LogP contribution in [0.2, 0.25) is 10.0 Å². The van der Waals surface area contributed by atoms with E-state index in [-0.39, 0.29) is 17.9 Å². The summed E-state index contributed by atoms with van der Waals surface area (Å²) in [6, 6.07) is 4.98. The van der Waals surface area contributed by atoms with Crippen LogP contribution in [0.5, 0.6) is 0 Å². The molecule has 0 radical (unpaired) electrons. The number of aryl methyl sites for hydroxylation is 2. The molecule has 0 spiro atoms. The SMILES string of the molecule is Cc1nc(C)c(CCC(=O)Nc2c(Cl)cccc2Cl)c(=O)[nH]1. The Morgan fingerprint density at radius 1 is 1.27 bits per heavy atom. The third kappa shape index (κ3) is 3.87. The number of rotatable bonds is 4. The number of hydrogen-bond donors (Lipinski definition) is 2. The van der Waals surface area contributed by atoms with Gasteiger partial charge in [-0.1, -0.05) is 29.3 Å². The summed E-state index contributed by atoms with van der Waals surface area (Å²) in [6.45, 7) is 3.46. The molecule has 1 aromatic heterocycles. The molecular weight excluding hydrogens is 325 g/mol. The van der Waals surface area contributed by atoms with Crippen LogP contribution in [0, 0.1) is 13.8 Å². The summed E-state index contributed by atoms with van der Waals surface area (Å²) in [5.74, 6) is 0.285. The maximum atomic E-state index is 12.0. The zero-order valence-electron chi connectivity index (χ0n) is 12.2. The molecule has 0 saturated heterocycles. The molecule has 1 heterocycles. The Balaban J connectivity index is 2.07. The Bertz CT molecular complexity index is 752. The van der Waals surface area contributed by atoms with Gasteiger partial charge in [0.05, 0.1) is 15.7 Å². The van der Waals surface area contributed by atoms with Crippen LogP contribution in [-0.2, 0) is 11.2 Å². The molecule has 0 aliphatic rings. The minimum absolute atomic E-state index is 0.135. The fourth-order valence-corrected chi connectivity index (χ4v) is 2.60. The van der Waals surface area contributed by atoms with Crippen molar-refractivity contribution in [2.45, 2.75) is 26.7 Å². The van der Waals surface area contributed by atoms with Crippen LogP contribution in [0.1, 0.15) is 23.5 Å². The van der Waals surface area contributed by atoms with E-state index in [2.05, 4.69) is 15.3 Å². The number of para-hydroxylation sites is 1. The molecule has 116 valence electrons. The van der Waals surface area contributed by atoms with Crippen molar-refractivity contribution in [2.75, 3.05) is 5.32 Å². The van der Waals surface area contributed by atoms with Gasteiger partial charge in [-0.05, 0) is 32.4 Å². The lowest BCUT2D eigenvalue weighted by molar-refractivity contribution is -0.116. The molecule has 0 saturated carbocycles. The minimum Gasteiger partial charge on any atom is -0.324 e. The van der Waals surface area contributed by atoms with Crippen molar-refractivity contribution in [1.29, 1.82) is 0 Å². The Hall–Kier alpha value is -1.85. The van der Waals surface area contributed by atoms with Crippen molar-refractivity contribution in [1.82, 2.24) is 9.97 Å². The van der Waals surface area contributed by atoms with E-state index in [1.165, 1.54) is 0 Å². The van der Waals surface area contributed by atoms with E-state index < -0.39 is 0 Å². The monoisotopic (exact) mass is 339 g/mol. The lowest BCUT2D eigenvalue weighted by Gasteiger charge is -2.09. The summed E-state index contributed by atoms with van der Waals surface area (Å²) in [4.78, 5) is 30.7. The lowest BCUT2D eigenvalue weighted by Crippen LogP contribution is -2.20. The quantitative estimate of drug-likeness (QED) is 0.897. The normalized spacial score (nSPS) is 10.5. The van der Waals surface area contributed by atoms with Gasteiger partial charge in [-0.25, -0.2) is 4.98 Å². The smallest absolute Gasteiger partial charge is 0.254 e. The molecule has 0 atom stereocenters. The largest absolute Gasteiger partial charge is 0.324 e. The van der Waals surface area contributed by atoms with E-state index in [0.29, 0.717) is 39.2 Å². The molecular formula is C15H15Cl2N3O2. The zero-order valence-corrected chi connectivity index (χ0v) is 13.7. The van der Waals surface area contributed by atoms with Gasteiger partial charge in [-0.15, -0.1) is 0 Å². The molecule has 0 unspecified atom stereocenters. The summed E-state index contributed by atoms with van der Waals surface area (Å²) >= 11 is 12.0. The second-order valence-electron chi connectivity index (χ2n) is 4.86. The first-order valence-corrected chi connectivity index (χ1v) is 7.44. The average Bonchev–Trinajstić information content (AvgIpc) is 2.42. The van der Waals surface area contributed by atoms with Crippen LogP contribution in [0.25, 0.3) is 0 Å². The Labute approximate surface area is 137 Å². The number of H-pyrrole nitrogens is 1. The van der Waals surface area contributed by atoms with Crippen LogP contribution in [0.15, 0.2) is 23.0 Å². The van der Waals surface area contributed by atoms with Gasteiger partial charge in [0.15, 0.2) is 0 Å². The summed E-state index contributed by atoms with van der Waals surface area (Å²) in [7, 11) is 0. The summed E-state index contributed by atoms with van der Waals surface area (Å²) in [5, 5.41) is 3.40. The number of aromatic nitrogens is 2. The minimum atomic E-state index is -0.269. The van der Waals surface area contributed by atoms with Gasteiger partial charge in [0.2, 0.25) is 5.91 Å². The van der Waals surface area contributed by atoms with Crippen LogP contribution in [0.3, 0.4) is 0 Å². The molecule has 0 fully saturated rings. The summed E-state index contributed by atoms with van der Waals surface area (Å²) < 4.78 is 0. The molecule has 2 rings (SSSR count). The number of carbonyl (C=O) groups excluding carboxylic acids is 1. The molecule has 2 N–H and O–H groups in total.